The van der Waals surface area contributed by atoms with E-state index in [1.54, 1.807) is 0 Å². The van der Waals surface area contributed by atoms with E-state index in [-0.39, 0.29) is 31.6 Å². The van der Waals surface area contributed by atoms with E-state index in [4.69, 9.17) is 15.6 Å². The first-order valence-corrected chi connectivity index (χ1v) is 6.28. The largest absolute Gasteiger partial charge is 0.481 e. The molecule has 19 heavy (non-hydrogen) atoms. The van der Waals surface area contributed by atoms with E-state index < -0.39 is 23.7 Å². The quantitative estimate of drug-likeness (QED) is 0.532. The van der Waals surface area contributed by atoms with Gasteiger partial charge in [0, 0.05) is 6.54 Å². The molecule has 3 atom stereocenters. The van der Waals surface area contributed by atoms with Gasteiger partial charge in [0.2, 0.25) is 11.8 Å². The van der Waals surface area contributed by atoms with Crippen LogP contribution in [0.4, 0.5) is 0 Å². The minimum absolute atomic E-state index is 0.175. The molecule has 0 bridgehead atoms. The number of rotatable bonds is 7. The van der Waals surface area contributed by atoms with Crippen LogP contribution in [-0.2, 0) is 19.1 Å². The second-order valence-corrected chi connectivity index (χ2v) is 4.94. The van der Waals surface area contributed by atoms with Gasteiger partial charge in [-0.05, 0) is 18.8 Å². The minimum atomic E-state index is -0.922. The maximum absolute atomic E-state index is 11.9. The summed E-state index contributed by atoms with van der Waals surface area (Å²) in [5.74, 6) is -2.61. The highest BCUT2D eigenvalue weighted by Gasteiger charge is 2.40. The molecule has 4 N–H and O–H groups in total. The number of primary amides is 1. The molecule has 0 aliphatic heterocycles. The molecule has 0 heterocycles. The summed E-state index contributed by atoms with van der Waals surface area (Å²) in [6.45, 7) is 2.17. The molecule has 7 nitrogen and oxygen atoms in total. The maximum Gasteiger partial charge on any atom is 0.307 e. The van der Waals surface area contributed by atoms with Crippen LogP contribution in [0.2, 0.25) is 0 Å². The summed E-state index contributed by atoms with van der Waals surface area (Å²) in [5.41, 5.74) is 4.88. The predicted molar refractivity (Wildman–Crippen MR) is 66.0 cm³/mol. The molecule has 0 saturated heterocycles. The van der Waals surface area contributed by atoms with Gasteiger partial charge in [0.25, 0.3) is 0 Å². The monoisotopic (exact) mass is 272 g/mol. The standard InChI is InChI=1S/C12H20N2O5/c1-7-4-8(9(5-7)12(17)18)11(16)14-2-3-19-6-10(13)15/h7-9H,2-6H2,1H3,(H2,13,15)(H,14,16)(H,17,18)/t7?,8-,9+/m0/s1. The highest BCUT2D eigenvalue weighted by molar-refractivity contribution is 5.85. The number of aliphatic carboxylic acids is 1. The van der Waals surface area contributed by atoms with Gasteiger partial charge >= 0.3 is 5.97 Å². The Hall–Kier alpha value is -1.63. The fourth-order valence-corrected chi connectivity index (χ4v) is 2.40. The van der Waals surface area contributed by atoms with Crippen LogP contribution in [-0.4, -0.2) is 42.6 Å². The molecule has 2 amide bonds. The molecule has 0 spiro atoms. The molecular weight excluding hydrogens is 252 g/mol. The van der Waals surface area contributed by atoms with Crippen LogP contribution >= 0.6 is 0 Å². The van der Waals surface area contributed by atoms with Crippen molar-refractivity contribution in [3.8, 4) is 0 Å². The molecule has 1 aliphatic carbocycles. The van der Waals surface area contributed by atoms with E-state index in [0.29, 0.717) is 12.8 Å². The van der Waals surface area contributed by atoms with Crippen molar-refractivity contribution in [2.75, 3.05) is 19.8 Å². The lowest BCUT2D eigenvalue weighted by molar-refractivity contribution is -0.146. The molecule has 1 rings (SSSR count). The first-order chi connectivity index (χ1) is 8.91. The smallest absolute Gasteiger partial charge is 0.307 e. The van der Waals surface area contributed by atoms with Crippen LogP contribution < -0.4 is 11.1 Å². The van der Waals surface area contributed by atoms with Crippen molar-refractivity contribution in [2.45, 2.75) is 19.8 Å². The van der Waals surface area contributed by atoms with Gasteiger partial charge in [0.15, 0.2) is 0 Å². The topological polar surface area (TPSA) is 119 Å². The summed E-state index contributed by atoms with van der Waals surface area (Å²) in [6, 6.07) is 0. The van der Waals surface area contributed by atoms with Gasteiger partial charge in [-0.15, -0.1) is 0 Å². The van der Waals surface area contributed by atoms with Gasteiger partial charge in [-0.1, -0.05) is 6.92 Å². The van der Waals surface area contributed by atoms with Crippen LogP contribution in [0.25, 0.3) is 0 Å². The second kappa shape index (κ2) is 7.08. The van der Waals surface area contributed by atoms with Crippen molar-refractivity contribution in [3.63, 3.8) is 0 Å². The third-order valence-electron chi connectivity index (χ3n) is 3.24. The Labute approximate surface area is 111 Å². The second-order valence-electron chi connectivity index (χ2n) is 4.94. The number of nitrogens with one attached hydrogen (secondary N) is 1. The molecule has 1 unspecified atom stereocenters. The van der Waals surface area contributed by atoms with Gasteiger partial charge in [0.1, 0.15) is 6.61 Å². The molecule has 0 aromatic rings. The molecule has 0 aromatic heterocycles. The third-order valence-corrected chi connectivity index (χ3v) is 3.24. The average Bonchev–Trinajstić information content (AvgIpc) is 2.70. The summed E-state index contributed by atoms with van der Waals surface area (Å²) in [5, 5.41) is 11.7. The molecule has 0 radical (unpaired) electrons. The zero-order valence-electron chi connectivity index (χ0n) is 10.9. The van der Waals surface area contributed by atoms with E-state index >= 15 is 0 Å². The lowest BCUT2D eigenvalue weighted by atomic mass is 9.95. The molecule has 0 aromatic carbocycles. The first-order valence-electron chi connectivity index (χ1n) is 6.28. The van der Waals surface area contributed by atoms with Crippen molar-refractivity contribution in [3.05, 3.63) is 0 Å². The Balaban J connectivity index is 2.32. The lowest BCUT2D eigenvalue weighted by Crippen LogP contribution is -2.37. The number of carboxylic acids is 1. The number of nitrogens with two attached hydrogens (primary N) is 1. The van der Waals surface area contributed by atoms with Crippen LogP contribution in [0.5, 0.6) is 0 Å². The Morgan fingerprint density at radius 1 is 1.32 bits per heavy atom. The van der Waals surface area contributed by atoms with Crippen LogP contribution in [0.15, 0.2) is 0 Å². The van der Waals surface area contributed by atoms with Crippen LogP contribution in [0, 0.1) is 17.8 Å². The number of carboxylic acid groups (broad SMARTS) is 1. The minimum Gasteiger partial charge on any atom is -0.481 e. The normalized spacial score (nSPS) is 26.1. The summed E-state index contributed by atoms with van der Waals surface area (Å²) in [7, 11) is 0. The number of carbonyl (C=O) groups is 3. The Morgan fingerprint density at radius 2 is 1.95 bits per heavy atom. The van der Waals surface area contributed by atoms with Crippen molar-refractivity contribution in [1.29, 1.82) is 0 Å². The summed E-state index contributed by atoms with van der Waals surface area (Å²) < 4.78 is 4.90. The molecule has 1 fully saturated rings. The molecule has 1 saturated carbocycles. The van der Waals surface area contributed by atoms with Gasteiger partial charge in [-0.25, -0.2) is 0 Å². The van der Waals surface area contributed by atoms with Crippen molar-refractivity contribution in [2.24, 2.45) is 23.5 Å². The number of carbonyl (C=O) groups excluding carboxylic acids is 2. The Kier molecular flexibility index (Phi) is 5.75. The van der Waals surface area contributed by atoms with Gasteiger partial charge in [-0.2, -0.15) is 0 Å². The van der Waals surface area contributed by atoms with Crippen LogP contribution in [0.1, 0.15) is 19.8 Å². The SMILES string of the molecule is CC1C[C@H](C(=O)NCCOCC(N)=O)[C@H](C(=O)O)C1. The highest BCUT2D eigenvalue weighted by atomic mass is 16.5. The number of amides is 2. The first kappa shape index (κ1) is 15.4. The number of ether oxygens (including phenoxy) is 1. The zero-order valence-corrected chi connectivity index (χ0v) is 10.9. The number of hydrogen-bond acceptors (Lipinski definition) is 4. The van der Waals surface area contributed by atoms with Crippen molar-refractivity contribution >= 4 is 17.8 Å². The van der Waals surface area contributed by atoms with E-state index in [2.05, 4.69) is 5.32 Å². The lowest BCUT2D eigenvalue weighted by Gasteiger charge is -2.15. The molecule has 7 heteroatoms. The average molecular weight is 272 g/mol. The molecular formula is C12H20N2O5. The Bertz CT molecular complexity index is 358. The fraction of sp³-hybridized carbons (Fsp3) is 0.750. The van der Waals surface area contributed by atoms with Gasteiger partial charge in [-0.3, -0.25) is 14.4 Å². The third kappa shape index (κ3) is 4.86. The van der Waals surface area contributed by atoms with Crippen molar-refractivity contribution in [1.82, 2.24) is 5.32 Å². The van der Waals surface area contributed by atoms with Crippen LogP contribution in [0.3, 0.4) is 0 Å². The summed E-state index contributed by atoms with van der Waals surface area (Å²) in [6.07, 6.45) is 1.12. The van der Waals surface area contributed by atoms with E-state index in [9.17, 15) is 14.4 Å². The van der Waals surface area contributed by atoms with E-state index in [1.165, 1.54) is 0 Å². The highest BCUT2D eigenvalue weighted by Crippen LogP contribution is 2.36. The van der Waals surface area contributed by atoms with E-state index in [1.807, 2.05) is 6.92 Å². The molecule has 108 valence electrons. The Morgan fingerprint density at radius 3 is 2.53 bits per heavy atom. The molecule has 1 aliphatic rings. The maximum atomic E-state index is 11.9. The fourth-order valence-electron chi connectivity index (χ4n) is 2.40. The predicted octanol–water partition coefficient (Wildman–Crippen LogP) is -0.649. The summed E-state index contributed by atoms with van der Waals surface area (Å²) in [4.78, 5) is 33.3. The van der Waals surface area contributed by atoms with Gasteiger partial charge < -0.3 is 20.9 Å². The number of hydrogen-bond donors (Lipinski definition) is 3. The van der Waals surface area contributed by atoms with E-state index in [0.717, 1.165) is 0 Å². The summed E-state index contributed by atoms with van der Waals surface area (Å²) >= 11 is 0. The van der Waals surface area contributed by atoms with Crippen molar-refractivity contribution < 1.29 is 24.2 Å². The van der Waals surface area contributed by atoms with Gasteiger partial charge in [0.05, 0.1) is 18.4 Å². The zero-order chi connectivity index (χ0) is 14.4.